The van der Waals surface area contributed by atoms with Crippen LogP contribution in [0.25, 0.3) is 11.1 Å². The molecule has 0 saturated carbocycles. The summed E-state index contributed by atoms with van der Waals surface area (Å²) in [5.74, 6) is -1.53. The zero-order valence-corrected chi connectivity index (χ0v) is 16.4. The van der Waals surface area contributed by atoms with E-state index in [9.17, 15) is 17.2 Å². The standard InChI is InChI=1S/C21H19F2NO3S/c1-13-9-15(10-14(2)21(13)27-3)17-11-18(22)19(23)12-20(17)24-28(25,26)16-7-5-4-6-8-16/h4-12,24H,1-3H3. The third-order valence-electron chi connectivity index (χ3n) is 4.33. The van der Waals surface area contributed by atoms with Gasteiger partial charge in [0.15, 0.2) is 11.6 Å². The Bertz CT molecular complexity index is 1110. The third kappa shape index (κ3) is 3.84. The van der Waals surface area contributed by atoms with Crippen molar-refractivity contribution >= 4 is 15.7 Å². The number of rotatable bonds is 5. The monoisotopic (exact) mass is 403 g/mol. The summed E-state index contributed by atoms with van der Waals surface area (Å²) in [6, 6.07) is 13.0. The van der Waals surface area contributed by atoms with Crippen LogP contribution in [0.3, 0.4) is 0 Å². The van der Waals surface area contributed by atoms with E-state index in [0.29, 0.717) is 11.3 Å². The molecule has 28 heavy (non-hydrogen) atoms. The Morgan fingerprint density at radius 2 is 1.46 bits per heavy atom. The van der Waals surface area contributed by atoms with Gasteiger partial charge < -0.3 is 4.74 Å². The molecule has 0 aliphatic rings. The molecule has 0 saturated heterocycles. The number of anilines is 1. The normalized spacial score (nSPS) is 11.3. The second-order valence-electron chi connectivity index (χ2n) is 6.37. The van der Waals surface area contributed by atoms with Crippen LogP contribution in [0.15, 0.2) is 59.5 Å². The van der Waals surface area contributed by atoms with Crippen LogP contribution in [0.4, 0.5) is 14.5 Å². The number of benzene rings is 3. The zero-order valence-electron chi connectivity index (χ0n) is 15.6. The van der Waals surface area contributed by atoms with E-state index >= 15 is 0 Å². The first-order valence-electron chi connectivity index (χ1n) is 8.45. The summed E-state index contributed by atoms with van der Waals surface area (Å²) in [7, 11) is -2.42. The molecule has 0 heterocycles. The number of halogens is 2. The Labute approximate surface area is 162 Å². The van der Waals surface area contributed by atoms with Gasteiger partial charge in [0.05, 0.1) is 17.7 Å². The lowest BCUT2D eigenvalue weighted by Crippen LogP contribution is -2.14. The van der Waals surface area contributed by atoms with Crippen molar-refractivity contribution < 1.29 is 21.9 Å². The molecule has 0 unspecified atom stereocenters. The van der Waals surface area contributed by atoms with E-state index in [1.165, 1.54) is 12.1 Å². The van der Waals surface area contributed by atoms with Crippen molar-refractivity contribution in [2.45, 2.75) is 18.7 Å². The fourth-order valence-electron chi connectivity index (χ4n) is 3.10. The Balaban J connectivity index is 2.15. The predicted molar refractivity (Wildman–Crippen MR) is 105 cm³/mol. The summed E-state index contributed by atoms with van der Waals surface area (Å²) in [5.41, 5.74) is 2.30. The molecule has 0 aliphatic carbocycles. The summed E-state index contributed by atoms with van der Waals surface area (Å²) in [6.07, 6.45) is 0. The lowest BCUT2D eigenvalue weighted by atomic mass is 9.98. The summed E-state index contributed by atoms with van der Waals surface area (Å²) >= 11 is 0. The molecule has 1 N–H and O–H groups in total. The first-order valence-corrected chi connectivity index (χ1v) is 9.94. The van der Waals surface area contributed by atoms with E-state index < -0.39 is 21.7 Å². The molecule has 0 atom stereocenters. The molecular formula is C21H19F2NO3S. The smallest absolute Gasteiger partial charge is 0.261 e. The van der Waals surface area contributed by atoms with Crippen molar-refractivity contribution in [1.29, 1.82) is 0 Å². The summed E-state index contributed by atoms with van der Waals surface area (Å²) < 4.78 is 60.9. The van der Waals surface area contributed by atoms with Gasteiger partial charge in [-0.3, -0.25) is 4.72 Å². The van der Waals surface area contributed by atoms with Crippen LogP contribution in [-0.2, 0) is 10.0 Å². The van der Waals surface area contributed by atoms with Gasteiger partial charge in [0.2, 0.25) is 0 Å². The van der Waals surface area contributed by atoms with Crippen LogP contribution in [0, 0.1) is 25.5 Å². The molecular weight excluding hydrogens is 384 g/mol. The lowest BCUT2D eigenvalue weighted by Gasteiger charge is -2.16. The number of nitrogens with one attached hydrogen (secondary N) is 1. The average molecular weight is 403 g/mol. The van der Waals surface area contributed by atoms with Gasteiger partial charge >= 0.3 is 0 Å². The van der Waals surface area contributed by atoms with E-state index in [-0.39, 0.29) is 16.1 Å². The zero-order chi connectivity index (χ0) is 20.5. The van der Waals surface area contributed by atoms with E-state index in [0.717, 1.165) is 23.3 Å². The fraction of sp³-hybridized carbons (Fsp3) is 0.143. The topological polar surface area (TPSA) is 55.4 Å². The molecule has 0 fully saturated rings. The van der Waals surface area contributed by atoms with Gasteiger partial charge in [-0.05, 0) is 60.9 Å². The van der Waals surface area contributed by atoms with E-state index in [2.05, 4.69) is 4.72 Å². The molecule has 3 rings (SSSR count). The van der Waals surface area contributed by atoms with Gasteiger partial charge in [-0.25, -0.2) is 17.2 Å². The van der Waals surface area contributed by atoms with Crippen LogP contribution < -0.4 is 9.46 Å². The van der Waals surface area contributed by atoms with Crippen LogP contribution in [0.5, 0.6) is 5.75 Å². The van der Waals surface area contributed by atoms with E-state index in [4.69, 9.17) is 4.74 Å². The first-order chi connectivity index (χ1) is 13.2. The highest BCUT2D eigenvalue weighted by Gasteiger charge is 2.20. The molecule has 0 radical (unpaired) electrons. The Morgan fingerprint density at radius 1 is 0.893 bits per heavy atom. The minimum atomic E-state index is -3.97. The second kappa shape index (κ2) is 7.59. The number of hydrogen-bond acceptors (Lipinski definition) is 3. The van der Waals surface area contributed by atoms with Crippen molar-refractivity contribution in [3.8, 4) is 16.9 Å². The van der Waals surface area contributed by atoms with Gasteiger partial charge in [0, 0.05) is 11.6 Å². The highest BCUT2D eigenvalue weighted by Crippen LogP contribution is 2.36. The van der Waals surface area contributed by atoms with Gasteiger partial charge in [-0.15, -0.1) is 0 Å². The van der Waals surface area contributed by atoms with Gasteiger partial charge in [0.25, 0.3) is 10.0 Å². The number of hydrogen-bond donors (Lipinski definition) is 1. The molecule has 0 spiro atoms. The van der Waals surface area contributed by atoms with E-state index in [1.807, 2.05) is 13.8 Å². The quantitative estimate of drug-likeness (QED) is 0.648. The van der Waals surface area contributed by atoms with Crippen molar-refractivity contribution in [3.05, 3.63) is 77.4 Å². The second-order valence-corrected chi connectivity index (χ2v) is 8.06. The lowest BCUT2D eigenvalue weighted by molar-refractivity contribution is 0.408. The van der Waals surface area contributed by atoms with Crippen LogP contribution in [-0.4, -0.2) is 15.5 Å². The third-order valence-corrected chi connectivity index (χ3v) is 5.72. The number of sulfonamides is 1. The Morgan fingerprint density at radius 3 is 2.04 bits per heavy atom. The maximum atomic E-state index is 14.0. The summed E-state index contributed by atoms with van der Waals surface area (Å²) in [5, 5.41) is 0. The molecule has 0 amide bonds. The molecule has 4 nitrogen and oxygen atoms in total. The largest absolute Gasteiger partial charge is 0.496 e. The van der Waals surface area contributed by atoms with Crippen molar-refractivity contribution in [2.24, 2.45) is 0 Å². The van der Waals surface area contributed by atoms with Crippen LogP contribution in [0.2, 0.25) is 0 Å². The molecule has 146 valence electrons. The maximum absolute atomic E-state index is 14.0. The highest BCUT2D eigenvalue weighted by atomic mass is 32.2. The number of aryl methyl sites for hydroxylation is 2. The summed E-state index contributed by atoms with van der Waals surface area (Å²) in [4.78, 5) is 0.0211. The van der Waals surface area contributed by atoms with Crippen LogP contribution in [0.1, 0.15) is 11.1 Å². The first kappa shape index (κ1) is 19.8. The number of ether oxygens (including phenoxy) is 1. The van der Waals surface area contributed by atoms with Gasteiger partial charge in [0.1, 0.15) is 5.75 Å². The van der Waals surface area contributed by atoms with Crippen LogP contribution >= 0.6 is 0 Å². The molecule has 0 bridgehead atoms. The average Bonchev–Trinajstić information content (AvgIpc) is 2.64. The molecule has 3 aromatic rings. The Kier molecular flexibility index (Phi) is 5.38. The number of methoxy groups -OCH3 is 1. The Hall–Kier alpha value is -2.93. The van der Waals surface area contributed by atoms with Crippen molar-refractivity contribution in [2.75, 3.05) is 11.8 Å². The molecule has 3 aromatic carbocycles. The molecule has 7 heteroatoms. The minimum Gasteiger partial charge on any atom is -0.496 e. The molecule has 0 aromatic heterocycles. The minimum absolute atomic E-state index is 0.0211. The highest BCUT2D eigenvalue weighted by molar-refractivity contribution is 7.92. The maximum Gasteiger partial charge on any atom is 0.261 e. The van der Waals surface area contributed by atoms with Crippen molar-refractivity contribution in [3.63, 3.8) is 0 Å². The van der Waals surface area contributed by atoms with Crippen molar-refractivity contribution in [1.82, 2.24) is 0 Å². The van der Waals surface area contributed by atoms with Gasteiger partial charge in [-0.2, -0.15) is 0 Å². The molecule has 0 aliphatic heterocycles. The van der Waals surface area contributed by atoms with E-state index in [1.54, 1.807) is 37.4 Å². The summed E-state index contributed by atoms with van der Waals surface area (Å²) in [6.45, 7) is 3.64. The fourth-order valence-corrected chi connectivity index (χ4v) is 4.19. The SMILES string of the molecule is COc1c(C)cc(-c2cc(F)c(F)cc2NS(=O)(=O)c2ccccc2)cc1C. The van der Waals surface area contributed by atoms with Gasteiger partial charge in [-0.1, -0.05) is 18.2 Å². The predicted octanol–water partition coefficient (Wildman–Crippen LogP) is 5.06.